The summed E-state index contributed by atoms with van der Waals surface area (Å²) in [5, 5.41) is 0. The molecule has 20 heavy (non-hydrogen) atoms. The molecule has 1 atom stereocenters. The van der Waals surface area contributed by atoms with E-state index in [1.54, 1.807) is 0 Å². The highest BCUT2D eigenvalue weighted by molar-refractivity contribution is 5.79. The van der Waals surface area contributed by atoms with E-state index in [1.807, 2.05) is 36.9 Å². The van der Waals surface area contributed by atoms with Crippen LogP contribution in [-0.4, -0.2) is 30.7 Å². The monoisotopic (exact) mass is 278 g/mol. The van der Waals surface area contributed by atoms with Crippen molar-refractivity contribution in [2.75, 3.05) is 19.9 Å². The number of rotatable bonds is 6. The van der Waals surface area contributed by atoms with E-state index in [1.165, 1.54) is 0 Å². The average Bonchev–Trinajstić information content (AvgIpc) is 2.93. The van der Waals surface area contributed by atoms with E-state index >= 15 is 0 Å². The first kappa shape index (κ1) is 14.7. The van der Waals surface area contributed by atoms with Crippen LogP contribution in [0, 0.1) is 5.92 Å². The number of carbonyl (C=O) groups excluding carboxylic acids is 1. The molecular weight excluding hydrogens is 256 g/mol. The zero-order chi connectivity index (χ0) is 14.5. The summed E-state index contributed by atoms with van der Waals surface area (Å²) in [4.78, 5) is 14.2. The maximum absolute atomic E-state index is 12.4. The Morgan fingerprint density at radius 2 is 2.10 bits per heavy atom. The summed E-state index contributed by atoms with van der Waals surface area (Å²) >= 11 is 0. The largest absolute Gasteiger partial charge is 0.454 e. The second-order valence-corrected chi connectivity index (χ2v) is 4.88. The van der Waals surface area contributed by atoms with Gasteiger partial charge in [-0.1, -0.05) is 13.0 Å². The highest BCUT2D eigenvalue weighted by Crippen LogP contribution is 2.32. The third kappa shape index (κ3) is 3.04. The van der Waals surface area contributed by atoms with Gasteiger partial charge >= 0.3 is 0 Å². The second kappa shape index (κ2) is 6.61. The molecule has 1 amide bonds. The van der Waals surface area contributed by atoms with E-state index in [-0.39, 0.29) is 18.6 Å². The van der Waals surface area contributed by atoms with Gasteiger partial charge in [-0.15, -0.1) is 0 Å². The Morgan fingerprint density at radius 3 is 2.75 bits per heavy atom. The molecular formula is C15H22N2O3. The number of amides is 1. The number of benzene rings is 1. The van der Waals surface area contributed by atoms with Crippen LogP contribution in [0.4, 0.5) is 0 Å². The molecule has 0 fully saturated rings. The number of ether oxygens (including phenoxy) is 2. The third-order valence-electron chi connectivity index (χ3n) is 3.63. The number of hydrogen-bond acceptors (Lipinski definition) is 4. The van der Waals surface area contributed by atoms with Crippen molar-refractivity contribution in [3.8, 4) is 11.5 Å². The minimum Gasteiger partial charge on any atom is -0.454 e. The van der Waals surface area contributed by atoms with E-state index < -0.39 is 0 Å². The van der Waals surface area contributed by atoms with Gasteiger partial charge < -0.3 is 20.1 Å². The first-order chi connectivity index (χ1) is 9.69. The molecule has 5 nitrogen and oxygen atoms in total. The van der Waals surface area contributed by atoms with E-state index in [4.69, 9.17) is 15.2 Å². The van der Waals surface area contributed by atoms with Crippen molar-refractivity contribution >= 4 is 5.91 Å². The summed E-state index contributed by atoms with van der Waals surface area (Å²) in [6.45, 7) is 5.87. The topological polar surface area (TPSA) is 64.8 Å². The van der Waals surface area contributed by atoms with E-state index in [0.717, 1.165) is 23.5 Å². The number of hydrogen-bond donors (Lipinski definition) is 1. The first-order valence-electron chi connectivity index (χ1n) is 7.07. The minimum atomic E-state index is -0.0936. The Balaban J connectivity index is 2.08. The molecule has 2 rings (SSSR count). The van der Waals surface area contributed by atoms with Crippen molar-refractivity contribution in [2.45, 2.75) is 26.8 Å². The molecule has 0 aromatic heterocycles. The van der Waals surface area contributed by atoms with Crippen LogP contribution in [0.25, 0.3) is 0 Å². The van der Waals surface area contributed by atoms with Gasteiger partial charge in [-0.2, -0.15) is 0 Å². The number of fused-ring (bicyclic) bond motifs is 1. The van der Waals surface area contributed by atoms with Crippen molar-refractivity contribution in [1.82, 2.24) is 4.90 Å². The minimum absolute atomic E-state index is 0.0936. The maximum atomic E-state index is 12.4. The van der Waals surface area contributed by atoms with E-state index in [9.17, 15) is 4.79 Å². The summed E-state index contributed by atoms with van der Waals surface area (Å²) < 4.78 is 10.6. The first-order valence-corrected chi connectivity index (χ1v) is 7.07. The van der Waals surface area contributed by atoms with Crippen LogP contribution in [0.1, 0.15) is 25.8 Å². The molecule has 1 unspecified atom stereocenters. The van der Waals surface area contributed by atoms with E-state index in [0.29, 0.717) is 19.6 Å². The third-order valence-corrected chi connectivity index (χ3v) is 3.63. The molecule has 0 radical (unpaired) electrons. The van der Waals surface area contributed by atoms with Crippen molar-refractivity contribution in [1.29, 1.82) is 0 Å². The van der Waals surface area contributed by atoms with Crippen LogP contribution in [0.5, 0.6) is 11.5 Å². The number of carbonyl (C=O) groups is 1. The van der Waals surface area contributed by atoms with Crippen LogP contribution in [-0.2, 0) is 11.3 Å². The van der Waals surface area contributed by atoms with Gasteiger partial charge in [0.05, 0.1) is 5.92 Å². The van der Waals surface area contributed by atoms with Crippen LogP contribution in [0.3, 0.4) is 0 Å². The Morgan fingerprint density at radius 1 is 1.35 bits per heavy atom. The molecule has 1 heterocycles. The van der Waals surface area contributed by atoms with Gasteiger partial charge in [0.1, 0.15) is 0 Å². The number of nitrogens with zero attached hydrogens (tertiary/aromatic N) is 1. The molecule has 110 valence electrons. The zero-order valence-electron chi connectivity index (χ0n) is 12.1. The van der Waals surface area contributed by atoms with Crippen LogP contribution >= 0.6 is 0 Å². The second-order valence-electron chi connectivity index (χ2n) is 4.88. The quantitative estimate of drug-likeness (QED) is 0.861. The van der Waals surface area contributed by atoms with Gasteiger partial charge in [-0.25, -0.2) is 0 Å². The SMILES string of the molecule is CCC(CN)C(=O)N(CC)Cc1ccc2c(c1)OCO2. The normalized spacial score (nSPS) is 14.2. The fraction of sp³-hybridized carbons (Fsp3) is 0.533. The molecule has 1 aliphatic heterocycles. The summed E-state index contributed by atoms with van der Waals surface area (Å²) in [5.74, 6) is 1.53. The maximum Gasteiger partial charge on any atom is 0.231 e. The number of nitrogens with two attached hydrogens (primary N) is 1. The lowest BCUT2D eigenvalue weighted by Crippen LogP contribution is -2.38. The summed E-state index contributed by atoms with van der Waals surface area (Å²) in [7, 11) is 0. The predicted octanol–water partition coefficient (Wildman–Crippen LogP) is 1.75. The smallest absolute Gasteiger partial charge is 0.231 e. The van der Waals surface area contributed by atoms with Gasteiger partial charge in [-0.3, -0.25) is 4.79 Å². The summed E-state index contributed by atoms with van der Waals surface area (Å²) in [5.41, 5.74) is 6.70. The lowest BCUT2D eigenvalue weighted by atomic mass is 10.0. The van der Waals surface area contributed by atoms with Crippen molar-refractivity contribution in [3.05, 3.63) is 23.8 Å². The van der Waals surface area contributed by atoms with Gasteiger partial charge in [-0.05, 0) is 31.0 Å². The molecule has 1 aromatic carbocycles. The van der Waals surface area contributed by atoms with Crippen molar-refractivity contribution in [3.63, 3.8) is 0 Å². The van der Waals surface area contributed by atoms with Gasteiger partial charge in [0, 0.05) is 19.6 Å². The average molecular weight is 278 g/mol. The molecule has 0 bridgehead atoms. The van der Waals surface area contributed by atoms with Gasteiger partial charge in [0.15, 0.2) is 11.5 Å². The lowest BCUT2D eigenvalue weighted by molar-refractivity contribution is -0.135. The standard InChI is InChI=1S/C15H22N2O3/c1-3-12(8-16)15(18)17(4-2)9-11-5-6-13-14(7-11)20-10-19-13/h5-7,12H,3-4,8-10,16H2,1-2H3. The lowest BCUT2D eigenvalue weighted by Gasteiger charge is -2.25. The molecule has 0 aliphatic carbocycles. The molecule has 0 saturated carbocycles. The Kier molecular flexibility index (Phi) is 4.84. The Bertz CT molecular complexity index is 472. The molecule has 2 N–H and O–H groups in total. The van der Waals surface area contributed by atoms with Crippen molar-refractivity contribution in [2.24, 2.45) is 11.7 Å². The fourth-order valence-corrected chi connectivity index (χ4v) is 2.31. The molecule has 1 aromatic rings. The van der Waals surface area contributed by atoms with Gasteiger partial charge in [0.2, 0.25) is 12.7 Å². The Labute approximate surface area is 119 Å². The van der Waals surface area contributed by atoms with Crippen LogP contribution < -0.4 is 15.2 Å². The predicted molar refractivity (Wildman–Crippen MR) is 76.5 cm³/mol. The molecule has 0 saturated heterocycles. The summed E-state index contributed by atoms with van der Waals surface area (Å²) in [6, 6.07) is 5.78. The highest BCUT2D eigenvalue weighted by Gasteiger charge is 2.21. The van der Waals surface area contributed by atoms with Crippen LogP contribution in [0.2, 0.25) is 0 Å². The van der Waals surface area contributed by atoms with Crippen molar-refractivity contribution < 1.29 is 14.3 Å². The molecule has 5 heteroatoms. The fourth-order valence-electron chi connectivity index (χ4n) is 2.31. The molecule has 0 spiro atoms. The summed E-state index contributed by atoms with van der Waals surface area (Å²) in [6.07, 6.45) is 0.771. The highest BCUT2D eigenvalue weighted by atomic mass is 16.7. The molecule has 1 aliphatic rings. The van der Waals surface area contributed by atoms with Crippen LogP contribution in [0.15, 0.2) is 18.2 Å². The Hall–Kier alpha value is -1.75. The zero-order valence-corrected chi connectivity index (χ0v) is 12.1. The van der Waals surface area contributed by atoms with Gasteiger partial charge in [0.25, 0.3) is 0 Å². The van der Waals surface area contributed by atoms with E-state index in [2.05, 4.69) is 0 Å².